The van der Waals surface area contributed by atoms with Crippen LogP contribution in [-0.2, 0) is 9.53 Å². The van der Waals surface area contributed by atoms with Crippen molar-refractivity contribution in [2.45, 2.75) is 19.8 Å². The van der Waals surface area contributed by atoms with E-state index in [2.05, 4.69) is 0 Å². The zero-order valence-corrected chi connectivity index (χ0v) is 9.89. The summed E-state index contributed by atoms with van der Waals surface area (Å²) in [5, 5.41) is 0. The van der Waals surface area contributed by atoms with Gasteiger partial charge in [0.15, 0.2) is 5.78 Å². The van der Waals surface area contributed by atoms with Gasteiger partial charge in [-0.25, -0.2) is 4.79 Å². The minimum absolute atomic E-state index is 0.0825. The SMILES string of the molecule is CCOC(=O)/C=C/CCC(=O)c1ccccc1. The van der Waals surface area contributed by atoms with Crippen LogP contribution in [0.3, 0.4) is 0 Å². The van der Waals surface area contributed by atoms with Gasteiger partial charge >= 0.3 is 5.97 Å². The Kier molecular flexibility index (Phi) is 5.72. The lowest BCUT2D eigenvalue weighted by molar-refractivity contribution is -0.137. The highest BCUT2D eigenvalue weighted by molar-refractivity contribution is 5.96. The molecule has 3 heteroatoms. The molecule has 0 aliphatic rings. The van der Waals surface area contributed by atoms with E-state index < -0.39 is 0 Å². The van der Waals surface area contributed by atoms with Crippen molar-refractivity contribution < 1.29 is 14.3 Å². The van der Waals surface area contributed by atoms with E-state index >= 15 is 0 Å². The number of benzene rings is 1. The molecule has 0 amide bonds. The van der Waals surface area contributed by atoms with Gasteiger partial charge in [0.05, 0.1) is 6.61 Å². The van der Waals surface area contributed by atoms with Gasteiger partial charge < -0.3 is 4.74 Å². The third-order valence-corrected chi connectivity index (χ3v) is 2.17. The van der Waals surface area contributed by atoms with Crippen molar-refractivity contribution in [1.29, 1.82) is 0 Å². The van der Waals surface area contributed by atoms with Crippen LogP contribution in [0.1, 0.15) is 30.1 Å². The fraction of sp³-hybridized carbons (Fsp3) is 0.286. The van der Waals surface area contributed by atoms with Crippen LogP contribution < -0.4 is 0 Å². The highest BCUT2D eigenvalue weighted by Crippen LogP contribution is 2.05. The predicted octanol–water partition coefficient (Wildman–Crippen LogP) is 2.77. The number of esters is 1. The summed E-state index contributed by atoms with van der Waals surface area (Å²) in [6.07, 6.45) is 3.98. The van der Waals surface area contributed by atoms with Crippen molar-refractivity contribution in [3.63, 3.8) is 0 Å². The van der Waals surface area contributed by atoms with Gasteiger partial charge in [0.2, 0.25) is 0 Å². The van der Waals surface area contributed by atoms with Crippen LogP contribution in [0.25, 0.3) is 0 Å². The number of ether oxygens (including phenoxy) is 1. The summed E-state index contributed by atoms with van der Waals surface area (Å²) in [6, 6.07) is 9.12. The van der Waals surface area contributed by atoms with Gasteiger partial charge in [0, 0.05) is 18.1 Å². The molecule has 0 atom stereocenters. The summed E-state index contributed by atoms with van der Waals surface area (Å²) in [7, 11) is 0. The topological polar surface area (TPSA) is 43.4 Å². The van der Waals surface area contributed by atoms with E-state index in [1.165, 1.54) is 6.08 Å². The number of hydrogen-bond donors (Lipinski definition) is 0. The zero-order chi connectivity index (χ0) is 12.5. The van der Waals surface area contributed by atoms with E-state index in [9.17, 15) is 9.59 Å². The predicted molar refractivity (Wildman–Crippen MR) is 65.8 cm³/mol. The van der Waals surface area contributed by atoms with Crippen molar-refractivity contribution in [3.05, 3.63) is 48.0 Å². The maximum absolute atomic E-state index is 11.7. The average Bonchev–Trinajstić information content (AvgIpc) is 2.36. The molecule has 0 aliphatic carbocycles. The molecule has 1 rings (SSSR count). The first-order valence-corrected chi connectivity index (χ1v) is 5.65. The number of allylic oxidation sites excluding steroid dienone is 1. The smallest absolute Gasteiger partial charge is 0.330 e. The lowest BCUT2D eigenvalue weighted by atomic mass is 10.1. The zero-order valence-electron chi connectivity index (χ0n) is 9.89. The molecule has 0 unspecified atom stereocenters. The molecule has 0 spiro atoms. The quantitative estimate of drug-likeness (QED) is 0.430. The van der Waals surface area contributed by atoms with Gasteiger partial charge in [-0.1, -0.05) is 36.4 Å². The molecule has 0 radical (unpaired) electrons. The van der Waals surface area contributed by atoms with Gasteiger partial charge in [-0.2, -0.15) is 0 Å². The molecular weight excluding hydrogens is 216 g/mol. The second-order valence-corrected chi connectivity index (χ2v) is 3.48. The Bertz CT molecular complexity index is 393. The molecule has 0 aromatic heterocycles. The molecule has 1 aromatic rings. The minimum atomic E-state index is -0.361. The van der Waals surface area contributed by atoms with Gasteiger partial charge in [0.1, 0.15) is 0 Å². The van der Waals surface area contributed by atoms with E-state index in [4.69, 9.17) is 4.74 Å². The van der Waals surface area contributed by atoms with E-state index in [0.717, 1.165) is 0 Å². The van der Waals surface area contributed by atoms with Crippen molar-refractivity contribution in [2.75, 3.05) is 6.61 Å². The first-order chi connectivity index (χ1) is 8.24. The van der Waals surface area contributed by atoms with Crippen LogP contribution in [0.2, 0.25) is 0 Å². The summed E-state index contributed by atoms with van der Waals surface area (Å²) in [5.41, 5.74) is 0.706. The standard InChI is InChI=1S/C14H16O3/c1-2-17-14(16)11-7-6-10-13(15)12-8-4-3-5-9-12/h3-5,7-9,11H,2,6,10H2,1H3/b11-7+. The Balaban J connectivity index is 2.32. The van der Waals surface area contributed by atoms with Gasteiger partial charge in [-0.05, 0) is 13.3 Å². The second kappa shape index (κ2) is 7.39. The molecule has 0 saturated carbocycles. The van der Waals surface area contributed by atoms with Gasteiger partial charge in [-0.3, -0.25) is 4.79 Å². The molecule has 90 valence electrons. The lowest BCUT2D eigenvalue weighted by Gasteiger charge is -1.98. The van der Waals surface area contributed by atoms with Crippen molar-refractivity contribution in [1.82, 2.24) is 0 Å². The summed E-state index contributed by atoms with van der Waals surface area (Å²) < 4.78 is 4.72. The van der Waals surface area contributed by atoms with Crippen LogP contribution >= 0.6 is 0 Å². The largest absolute Gasteiger partial charge is 0.463 e. The van der Waals surface area contributed by atoms with Crippen LogP contribution in [0, 0.1) is 0 Å². The summed E-state index contributed by atoms with van der Waals surface area (Å²) in [5.74, 6) is -0.279. The highest BCUT2D eigenvalue weighted by Gasteiger charge is 2.02. The van der Waals surface area contributed by atoms with E-state index in [0.29, 0.717) is 25.0 Å². The molecule has 0 aliphatic heterocycles. The number of hydrogen-bond acceptors (Lipinski definition) is 3. The Morgan fingerprint density at radius 1 is 1.24 bits per heavy atom. The van der Waals surface area contributed by atoms with Crippen LogP contribution in [0.15, 0.2) is 42.5 Å². The van der Waals surface area contributed by atoms with Crippen LogP contribution in [-0.4, -0.2) is 18.4 Å². The summed E-state index contributed by atoms with van der Waals surface area (Å²) >= 11 is 0. The number of ketones is 1. The van der Waals surface area contributed by atoms with Crippen molar-refractivity contribution >= 4 is 11.8 Å². The molecular formula is C14H16O3. The first kappa shape index (κ1) is 13.2. The Labute approximate surface area is 101 Å². The van der Waals surface area contributed by atoms with Crippen LogP contribution in [0.5, 0.6) is 0 Å². The Hall–Kier alpha value is -1.90. The van der Waals surface area contributed by atoms with Crippen molar-refractivity contribution in [3.8, 4) is 0 Å². The fourth-order valence-corrected chi connectivity index (χ4v) is 1.35. The number of carbonyl (C=O) groups is 2. The van der Waals surface area contributed by atoms with Gasteiger partial charge in [0.25, 0.3) is 0 Å². The molecule has 0 fully saturated rings. The summed E-state index contributed by atoms with van der Waals surface area (Å²) in [4.78, 5) is 22.6. The van der Waals surface area contributed by atoms with E-state index in [-0.39, 0.29) is 11.8 Å². The fourth-order valence-electron chi connectivity index (χ4n) is 1.35. The average molecular weight is 232 g/mol. The lowest BCUT2D eigenvalue weighted by Crippen LogP contribution is -2.00. The number of Topliss-reactive ketones (excluding diaryl/α,β-unsaturated/α-hetero) is 1. The normalized spacial score (nSPS) is 10.4. The summed E-state index contributed by atoms with van der Waals surface area (Å²) in [6.45, 7) is 2.12. The monoisotopic (exact) mass is 232 g/mol. The molecule has 0 N–H and O–H groups in total. The third kappa shape index (κ3) is 5.11. The molecule has 0 saturated heterocycles. The molecule has 1 aromatic carbocycles. The maximum atomic E-state index is 11.7. The third-order valence-electron chi connectivity index (χ3n) is 2.17. The Morgan fingerprint density at radius 3 is 2.59 bits per heavy atom. The van der Waals surface area contributed by atoms with Crippen LogP contribution in [0.4, 0.5) is 0 Å². The number of rotatable bonds is 6. The van der Waals surface area contributed by atoms with E-state index in [1.54, 1.807) is 25.1 Å². The second-order valence-electron chi connectivity index (χ2n) is 3.48. The van der Waals surface area contributed by atoms with Gasteiger partial charge in [-0.15, -0.1) is 0 Å². The molecule has 0 heterocycles. The minimum Gasteiger partial charge on any atom is -0.463 e. The van der Waals surface area contributed by atoms with E-state index in [1.807, 2.05) is 18.2 Å². The highest BCUT2D eigenvalue weighted by atomic mass is 16.5. The Morgan fingerprint density at radius 2 is 1.94 bits per heavy atom. The molecule has 17 heavy (non-hydrogen) atoms. The molecule has 0 bridgehead atoms. The molecule has 3 nitrogen and oxygen atoms in total. The maximum Gasteiger partial charge on any atom is 0.330 e. The first-order valence-electron chi connectivity index (χ1n) is 5.65. The number of carbonyl (C=O) groups excluding carboxylic acids is 2. The van der Waals surface area contributed by atoms with Crippen molar-refractivity contribution in [2.24, 2.45) is 0 Å².